The van der Waals surface area contributed by atoms with Gasteiger partial charge in [0.25, 0.3) is 0 Å². The summed E-state index contributed by atoms with van der Waals surface area (Å²) in [6.45, 7) is 8.32. The van der Waals surface area contributed by atoms with Crippen LogP contribution in [0.4, 0.5) is 0 Å². The number of benzene rings is 1. The van der Waals surface area contributed by atoms with Crippen LogP contribution in [0.3, 0.4) is 0 Å². The predicted molar refractivity (Wildman–Crippen MR) is 88.2 cm³/mol. The summed E-state index contributed by atoms with van der Waals surface area (Å²) in [5, 5.41) is 3.69. The molecule has 0 saturated heterocycles. The fraction of sp³-hybridized carbons (Fsp3) is 0.647. The van der Waals surface area contributed by atoms with E-state index in [0.29, 0.717) is 12.6 Å². The fourth-order valence-corrected chi connectivity index (χ4v) is 4.00. The van der Waals surface area contributed by atoms with Gasteiger partial charge in [-0.05, 0) is 49.4 Å². The fourth-order valence-electron chi connectivity index (χ4n) is 3.40. The van der Waals surface area contributed by atoms with Gasteiger partial charge in [0, 0.05) is 10.5 Å². The molecule has 1 aromatic rings. The van der Waals surface area contributed by atoms with E-state index in [4.69, 9.17) is 4.74 Å². The third-order valence-corrected chi connectivity index (χ3v) is 5.08. The molecular formula is C17H26BrNO. The molecule has 0 aliphatic heterocycles. The minimum atomic E-state index is 0.447. The highest BCUT2D eigenvalue weighted by Gasteiger charge is 2.32. The van der Waals surface area contributed by atoms with Crippen LogP contribution in [-0.2, 0) is 0 Å². The number of rotatable bonds is 6. The molecule has 1 aliphatic carbocycles. The maximum atomic E-state index is 5.58. The molecule has 0 radical (unpaired) electrons. The molecule has 112 valence electrons. The average Bonchev–Trinajstić information content (AvgIpc) is 2.83. The summed E-state index contributed by atoms with van der Waals surface area (Å²) in [5.74, 6) is 2.49. The first-order chi connectivity index (χ1) is 9.67. The van der Waals surface area contributed by atoms with Crippen molar-refractivity contribution in [1.29, 1.82) is 0 Å². The molecule has 1 aromatic carbocycles. The molecule has 20 heavy (non-hydrogen) atoms. The van der Waals surface area contributed by atoms with Crippen LogP contribution >= 0.6 is 15.9 Å². The van der Waals surface area contributed by atoms with E-state index in [1.807, 2.05) is 6.92 Å². The first-order valence-electron chi connectivity index (χ1n) is 7.83. The molecule has 1 aliphatic rings. The first kappa shape index (κ1) is 15.8. The molecule has 1 saturated carbocycles. The number of nitrogens with one attached hydrogen (secondary N) is 1. The predicted octanol–water partition coefficient (Wildman–Crippen LogP) is 4.93. The van der Waals surface area contributed by atoms with Crippen molar-refractivity contribution in [3.8, 4) is 5.75 Å². The van der Waals surface area contributed by atoms with E-state index in [9.17, 15) is 0 Å². The van der Waals surface area contributed by atoms with Crippen LogP contribution in [0.25, 0.3) is 0 Å². The van der Waals surface area contributed by atoms with Crippen molar-refractivity contribution >= 4 is 15.9 Å². The summed E-state index contributed by atoms with van der Waals surface area (Å²) in [6, 6.07) is 6.85. The van der Waals surface area contributed by atoms with Crippen LogP contribution in [-0.4, -0.2) is 13.2 Å². The van der Waals surface area contributed by atoms with E-state index >= 15 is 0 Å². The summed E-state index contributed by atoms with van der Waals surface area (Å²) in [7, 11) is 0. The summed E-state index contributed by atoms with van der Waals surface area (Å²) in [6.07, 6.45) is 4.06. The van der Waals surface area contributed by atoms with Crippen LogP contribution in [0.15, 0.2) is 22.7 Å². The number of halogens is 1. The maximum absolute atomic E-state index is 5.58. The molecule has 0 aromatic heterocycles. The van der Waals surface area contributed by atoms with Crippen molar-refractivity contribution < 1.29 is 4.74 Å². The normalized spacial score (nSPS) is 23.8. The van der Waals surface area contributed by atoms with E-state index in [1.54, 1.807) is 0 Å². The summed E-state index contributed by atoms with van der Waals surface area (Å²) in [5.41, 5.74) is 1.37. The van der Waals surface area contributed by atoms with Gasteiger partial charge in [0.1, 0.15) is 5.75 Å². The van der Waals surface area contributed by atoms with Crippen LogP contribution in [0, 0.1) is 11.8 Å². The Balaban J connectivity index is 2.24. The smallest absolute Gasteiger partial charge is 0.120 e. The van der Waals surface area contributed by atoms with Gasteiger partial charge >= 0.3 is 0 Å². The van der Waals surface area contributed by atoms with Gasteiger partial charge in [0.15, 0.2) is 0 Å². The second-order valence-corrected chi connectivity index (χ2v) is 6.58. The van der Waals surface area contributed by atoms with Crippen molar-refractivity contribution in [2.75, 3.05) is 13.2 Å². The van der Waals surface area contributed by atoms with E-state index in [-0.39, 0.29) is 0 Å². The molecule has 2 rings (SSSR count). The molecule has 0 bridgehead atoms. The van der Waals surface area contributed by atoms with Gasteiger partial charge < -0.3 is 10.1 Å². The Morgan fingerprint density at radius 2 is 2.15 bits per heavy atom. The van der Waals surface area contributed by atoms with Crippen molar-refractivity contribution in [3.05, 3.63) is 28.2 Å². The van der Waals surface area contributed by atoms with Crippen molar-refractivity contribution in [2.45, 2.75) is 46.1 Å². The molecule has 0 heterocycles. The lowest BCUT2D eigenvalue weighted by Crippen LogP contribution is -2.30. The maximum Gasteiger partial charge on any atom is 0.120 e. The van der Waals surface area contributed by atoms with Gasteiger partial charge in [-0.25, -0.2) is 0 Å². The zero-order valence-electron chi connectivity index (χ0n) is 12.8. The lowest BCUT2D eigenvalue weighted by atomic mass is 9.86. The van der Waals surface area contributed by atoms with E-state index in [0.717, 1.165) is 28.6 Å². The third-order valence-electron chi connectivity index (χ3n) is 4.40. The van der Waals surface area contributed by atoms with E-state index in [1.165, 1.54) is 24.8 Å². The van der Waals surface area contributed by atoms with Crippen LogP contribution in [0.5, 0.6) is 5.75 Å². The summed E-state index contributed by atoms with van der Waals surface area (Å²) < 4.78 is 6.74. The Morgan fingerprint density at radius 3 is 2.70 bits per heavy atom. The van der Waals surface area contributed by atoms with Crippen molar-refractivity contribution in [1.82, 2.24) is 5.32 Å². The molecule has 1 fully saturated rings. The van der Waals surface area contributed by atoms with Gasteiger partial charge in [-0.2, -0.15) is 0 Å². The summed E-state index contributed by atoms with van der Waals surface area (Å²) in [4.78, 5) is 0. The standard InChI is InChI=1S/C17H26BrNO/c1-4-19-17(14-8-6-7-12(14)3)15-10-9-13(20-5-2)11-16(15)18/h9-12,14,17,19H,4-8H2,1-3H3. The van der Waals surface area contributed by atoms with Crippen molar-refractivity contribution in [3.63, 3.8) is 0 Å². The Kier molecular flexibility index (Phi) is 5.91. The Bertz CT molecular complexity index is 435. The van der Waals surface area contributed by atoms with E-state index < -0.39 is 0 Å². The van der Waals surface area contributed by atoms with E-state index in [2.05, 4.69) is 53.3 Å². The highest BCUT2D eigenvalue weighted by atomic mass is 79.9. The Hall–Kier alpha value is -0.540. The topological polar surface area (TPSA) is 21.3 Å². The number of ether oxygens (including phenoxy) is 1. The van der Waals surface area contributed by atoms with Gasteiger partial charge in [0.2, 0.25) is 0 Å². The lowest BCUT2D eigenvalue weighted by molar-refractivity contribution is 0.304. The van der Waals surface area contributed by atoms with Gasteiger partial charge in [-0.3, -0.25) is 0 Å². The summed E-state index contributed by atoms with van der Waals surface area (Å²) >= 11 is 3.73. The molecule has 0 spiro atoms. The quantitative estimate of drug-likeness (QED) is 0.792. The zero-order valence-corrected chi connectivity index (χ0v) is 14.4. The molecule has 3 unspecified atom stereocenters. The lowest BCUT2D eigenvalue weighted by Gasteiger charge is -2.29. The molecule has 3 atom stereocenters. The van der Waals surface area contributed by atoms with Gasteiger partial charge in [-0.1, -0.05) is 48.7 Å². The molecule has 0 amide bonds. The Morgan fingerprint density at radius 1 is 1.35 bits per heavy atom. The second-order valence-electron chi connectivity index (χ2n) is 5.72. The molecule has 2 nitrogen and oxygen atoms in total. The monoisotopic (exact) mass is 339 g/mol. The molecule has 1 N–H and O–H groups in total. The van der Waals surface area contributed by atoms with Crippen LogP contribution in [0.2, 0.25) is 0 Å². The largest absolute Gasteiger partial charge is 0.494 e. The number of hydrogen-bond acceptors (Lipinski definition) is 2. The SMILES string of the molecule is CCNC(c1ccc(OCC)cc1Br)C1CCCC1C. The second kappa shape index (κ2) is 7.46. The van der Waals surface area contributed by atoms with Gasteiger partial charge in [-0.15, -0.1) is 0 Å². The molecular weight excluding hydrogens is 314 g/mol. The first-order valence-corrected chi connectivity index (χ1v) is 8.62. The minimum absolute atomic E-state index is 0.447. The number of hydrogen-bond donors (Lipinski definition) is 1. The van der Waals surface area contributed by atoms with Gasteiger partial charge in [0.05, 0.1) is 6.61 Å². The minimum Gasteiger partial charge on any atom is -0.494 e. The highest BCUT2D eigenvalue weighted by molar-refractivity contribution is 9.10. The molecule has 3 heteroatoms. The van der Waals surface area contributed by atoms with Crippen LogP contribution in [0.1, 0.15) is 51.6 Å². The highest BCUT2D eigenvalue weighted by Crippen LogP contribution is 2.42. The third kappa shape index (κ3) is 3.56. The Labute approximate surface area is 131 Å². The zero-order chi connectivity index (χ0) is 14.5. The average molecular weight is 340 g/mol. The van der Waals surface area contributed by atoms with Crippen molar-refractivity contribution in [2.24, 2.45) is 11.8 Å². The van der Waals surface area contributed by atoms with Crippen LogP contribution < -0.4 is 10.1 Å².